The van der Waals surface area contributed by atoms with Crippen molar-refractivity contribution >= 4 is 17.4 Å². The van der Waals surface area contributed by atoms with Crippen LogP contribution in [0.2, 0.25) is 5.02 Å². The van der Waals surface area contributed by atoms with E-state index in [0.29, 0.717) is 16.6 Å². The van der Waals surface area contributed by atoms with Crippen LogP contribution in [0.5, 0.6) is 11.5 Å². The molecule has 0 radical (unpaired) electrons. The van der Waals surface area contributed by atoms with E-state index < -0.39 is 0 Å². The van der Waals surface area contributed by atoms with Gasteiger partial charge in [0.1, 0.15) is 28.7 Å². The predicted molar refractivity (Wildman–Crippen MR) is 104 cm³/mol. The number of hydrogen-bond acceptors (Lipinski definition) is 5. The van der Waals surface area contributed by atoms with Gasteiger partial charge in [0.25, 0.3) is 0 Å². The number of nitrogens with zero attached hydrogens (tertiary/aromatic N) is 3. The number of halogens is 1. The minimum Gasteiger partial charge on any atom is -0.456 e. The van der Waals surface area contributed by atoms with Gasteiger partial charge in [-0.3, -0.25) is 4.98 Å². The van der Waals surface area contributed by atoms with Crippen molar-refractivity contribution in [3.8, 4) is 11.5 Å². The third kappa shape index (κ3) is 4.29. The Morgan fingerprint density at radius 2 is 1.88 bits per heavy atom. The summed E-state index contributed by atoms with van der Waals surface area (Å²) in [6.45, 7) is 4.14. The summed E-state index contributed by atoms with van der Waals surface area (Å²) in [6, 6.07) is 11.8. The second kappa shape index (κ2) is 8.63. The van der Waals surface area contributed by atoms with Crippen molar-refractivity contribution in [2.45, 2.75) is 32.7 Å². The van der Waals surface area contributed by atoms with Crippen molar-refractivity contribution in [1.29, 1.82) is 0 Å². The molecule has 2 heterocycles. The molecule has 0 amide bonds. The van der Waals surface area contributed by atoms with E-state index >= 15 is 0 Å². The fraction of sp³-hybridized carbons (Fsp3) is 0.250. The molecule has 0 bridgehead atoms. The molecule has 3 rings (SSSR count). The van der Waals surface area contributed by atoms with Crippen molar-refractivity contribution < 1.29 is 4.74 Å². The molecule has 0 aliphatic rings. The second-order valence-corrected chi connectivity index (χ2v) is 6.18. The molecular weight excluding hydrogens is 348 g/mol. The average Bonchev–Trinajstić information content (AvgIpc) is 2.69. The van der Waals surface area contributed by atoms with Crippen LogP contribution in [0, 0.1) is 0 Å². The highest BCUT2D eigenvalue weighted by Gasteiger charge is 2.14. The topological polar surface area (TPSA) is 59.9 Å². The Morgan fingerprint density at radius 3 is 2.54 bits per heavy atom. The number of aromatic nitrogens is 3. The van der Waals surface area contributed by atoms with Crippen LogP contribution in [0.15, 0.2) is 55.1 Å². The standard InChI is InChI=1S/C20H21ClN4O/c1-3-17(25-20-19(21)18(4-2)23-13-24-20)14-7-9-15(10-8-14)26-16-6-5-11-22-12-16/h5-13,17H,3-4H2,1-2H3,(H,23,24,25). The molecule has 2 aromatic heterocycles. The zero-order chi connectivity index (χ0) is 18.4. The number of pyridine rings is 1. The van der Waals surface area contributed by atoms with Crippen LogP contribution in [0.25, 0.3) is 0 Å². The first-order chi connectivity index (χ1) is 12.7. The normalized spacial score (nSPS) is 11.8. The van der Waals surface area contributed by atoms with Crippen molar-refractivity contribution in [2.75, 3.05) is 5.32 Å². The lowest BCUT2D eigenvalue weighted by Gasteiger charge is -2.19. The number of rotatable bonds is 7. The van der Waals surface area contributed by atoms with Gasteiger partial charge >= 0.3 is 0 Å². The highest BCUT2D eigenvalue weighted by atomic mass is 35.5. The predicted octanol–water partition coefficient (Wildman–Crippen LogP) is 5.44. The molecule has 3 aromatic rings. The van der Waals surface area contributed by atoms with Gasteiger partial charge in [-0.05, 0) is 42.7 Å². The SMILES string of the molecule is CCc1ncnc(NC(CC)c2ccc(Oc3cccnc3)cc2)c1Cl. The maximum Gasteiger partial charge on any atom is 0.149 e. The summed E-state index contributed by atoms with van der Waals surface area (Å²) >= 11 is 6.40. The number of ether oxygens (including phenoxy) is 1. The lowest BCUT2D eigenvalue weighted by molar-refractivity contribution is 0.480. The van der Waals surface area contributed by atoms with Gasteiger partial charge < -0.3 is 10.1 Å². The first-order valence-electron chi connectivity index (χ1n) is 8.65. The van der Waals surface area contributed by atoms with E-state index in [1.54, 1.807) is 18.7 Å². The molecule has 134 valence electrons. The number of nitrogens with one attached hydrogen (secondary N) is 1. The maximum absolute atomic E-state index is 6.40. The van der Waals surface area contributed by atoms with Crippen LogP contribution in [0.4, 0.5) is 5.82 Å². The Balaban J connectivity index is 1.74. The molecule has 0 saturated heterocycles. The Labute approximate surface area is 158 Å². The zero-order valence-corrected chi connectivity index (χ0v) is 15.6. The van der Waals surface area contributed by atoms with Crippen LogP contribution in [-0.2, 0) is 6.42 Å². The lowest BCUT2D eigenvalue weighted by Crippen LogP contribution is -2.12. The third-order valence-corrected chi connectivity index (χ3v) is 4.47. The van der Waals surface area contributed by atoms with E-state index in [4.69, 9.17) is 16.3 Å². The van der Waals surface area contributed by atoms with Gasteiger partial charge in [0.15, 0.2) is 0 Å². The van der Waals surface area contributed by atoms with Crippen LogP contribution in [-0.4, -0.2) is 15.0 Å². The van der Waals surface area contributed by atoms with Crippen LogP contribution in [0.3, 0.4) is 0 Å². The van der Waals surface area contributed by atoms with Crippen molar-refractivity contribution in [2.24, 2.45) is 0 Å². The summed E-state index contributed by atoms with van der Waals surface area (Å²) in [4.78, 5) is 12.5. The first kappa shape index (κ1) is 18.1. The molecule has 1 unspecified atom stereocenters. The van der Waals surface area contributed by atoms with E-state index in [-0.39, 0.29) is 6.04 Å². The minimum absolute atomic E-state index is 0.0968. The average molecular weight is 369 g/mol. The highest BCUT2D eigenvalue weighted by molar-refractivity contribution is 6.33. The Hall–Kier alpha value is -2.66. The lowest BCUT2D eigenvalue weighted by atomic mass is 10.0. The first-order valence-corrected chi connectivity index (χ1v) is 9.02. The van der Waals surface area contributed by atoms with Crippen molar-refractivity contribution in [1.82, 2.24) is 15.0 Å². The summed E-state index contributed by atoms with van der Waals surface area (Å²) < 4.78 is 5.79. The summed E-state index contributed by atoms with van der Waals surface area (Å²) in [7, 11) is 0. The van der Waals surface area contributed by atoms with Gasteiger partial charge in [0.05, 0.1) is 17.9 Å². The molecule has 5 nitrogen and oxygen atoms in total. The fourth-order valence-electron chi connectivity index (χ4n) is 2.65. The molecule has 0 saturated carbocycles. The van der Waals surface area contributed by atoms with E-state index in [0.717, 1.165) is 29.8 Å². The van der Waals surface area contributed by atoms with E-state index in [1.165, 1.54) is 0 Å². The molecule has 0 spiro atoms. The van der Waals surface area contributed by atoms with E-state index in [9.17, 15) is 0 Å². The second-order valence-electron chi connectivity index (χ2n) is 5.80. The van der Waals surface area contributed by atoms with Gasteiger partial charge in [-0.15, -0.1) is 0 Å². The van der Waals surface area contributed by atoms with Gasteiger partial charge in [-0.1, -0.05) is 37.6 Å². The molecule has 26 heavy (non-hydrogen) atoms. The summed E-state index contributed by atoms with van der Waals surface area (Å²) in [5, 5.41) is 4.01. The fourth-order valence-corrected chi connectivity index (χ4v) is 2.94. The maximum atomic E-state index is 6.40. The van der Waals surface area contributed by atoms with Gasteiger partial charge in [-0.25, -0.2) is 9.97 Å². The monoisotopic (exact) mass is 368 g/mol. The third-order valence-electron chi connectivity index (χ3n) is 4.07. The van der Waals surface area contributed by atoms with Crippen molar-refractivity contribution in [3.63, 3.8) is 0 Å². The van der Waals surface area contributed by atoms with E-state index in [2.05, 4.69) is 27.2 Å². The number of benzene rings is 1. The largest absolute Gasteiger partial charge is 0.456 e. The quantitative estimate of drug-likeness (QED) is 0.601. The van der Waals surface area contributed by atoms with Gasteiger partial charge in [0.2, 0.25) is 0 Å². The molecule has 0 aliphatic carbocycles. The Bertz CT molecular complexity index is 840. The molecule has 0 fully saturated rings. The Morgan fingerprint density at radius 1 is 1.08 bits per heavy atom. The number of aryl methyl sites for hydroxylation is 1. The zero-order valence-electron chi connectivity index (χ0n) is 14.8. The molecule has 6 heteroatoms. The van der Waals surface area contributed by atoms with Crippen LogP contribution in [0.1, 0.15) is 37.6 Å². The molecule has 1 aromatic carbocycles. The van der Waals surface area contributed by atoms with Crippen molar-refractivity contribution in [3.05, 3.63) is 71.4 Å². The summed E-state index contributed by atoms with van der Waals surface area (Å²) in [5.41, 5.74) is 1.98. The van der Waals surface area contributed by atoms with Gasteiger partial charge in [0, 0.05) is 6.20 Å². The summed E-state index contributed by atoms with van der Waals surface area (Å²) in [6.07, 6.45) is 6.62. The smallest absolute Gasteiger partial charge is 0.149 e. The number of hydrogen-bond donors (Lipinski definition) is 1. The molecule has 1 atom stereocenters. The summed E-state index contributed by atoms with van der Waals surface area (Å²) in [5.74, 6) is 2.15. The van der Waals surface area contributed by atoms with Crippen LogP contribution < -0.4 is 10.1 Å². The highest BCUT2D eigenvalue weighted by Crippen LogP contribution is 2.29. The minimum atomic E-state index is 0.0968. The number of anilines is 1. The molecule has 1 N–H and O–H groups in total. The molecule has 0 aliphatic heterocycles. The Kier molecular flexibility index (Phi) is 6.02. The van der Waals surface area contributed by atoms with E-state index in [1.807, 2.05) is 43.3 Å². The molecular formula is C20H21ClN4O. The van der Waals surface area contributed by atoms with Crippen LogP contribution >= 0.6 is 11.6 Å². The van der Waals surface area contributed by atoms with Gasteiger partial charge in [-0.2, -0.15) is 0 Å².